The lowest BCUT2D eigenvalue weighted by Gasteiger charge is -2.11. The number of rotatable bonds is 6. The lowest BCUT2D eigenvalue weighted by Crippen LogP contribution is -2.37. The molecule has 0 fully saturated rings. The van der Waals surface area contributed by atoms with Crippen LogP contribution in [0.2, 0.25) is 0 Å². The van der Waals surface area contributed by atoms with Crippen molar-refractivity contribution in [2.24, 2.45) is 0 Å². The van der Waals surface area contributed by atoms with Crippen LogP contribution in [-0.2, 0) is 0 Å². The maximum absolute atomic E-state index is 11.0. The summed E-state index contributed by atoms with van der Waals surface area (Å²) in [4.78, 5) is 10.7. The van der Waals surface area contributed by atoms with E-state index in [1.165, 1.54) is 17.7 Å². The quantitative estimate of drug-likeness (QED) is 0.145. The van der Waals surface area contributed by atoms with Crippen LogP contribution < -0.4 is 4.57 Å². The molecule has 0 bridgehead atoms. The summed E-state index contributed by atoms with van der Waals surface area (Å²) in [6.07, 6.45) is 4.06. The minimum atomic E-state index is -0.381. The number of aryl methyl sites for hydroxylation is 1. The summed E-state index contributed by atoms with van der Waals surface area (Å²) in [5.41, 5.74) is 8.66. The molecule has 1 aromatic heterocycles. The molecular weight excluding hydrogens is 444 g/mol. The van der Waals surface area contributed by atoms with Gasteiger partial charge in [-0.15, -0.1) is 0 Å². The standard InChI is InChI=1S/C32H25N2O2/c1-24-12-17-29(18-13-24)33-31(21-16-25-14-19-30(20-15-25)34(35)36)22-28(26-8-4-2-5-9-26)23-32(33)27-10-6-3-7-11-27/h2-23H,1H3/q+1/b21-16+. The summed E-state index contributed by atoms with van der Waals surface area (Å²) >= 11 is 0. The van der Waals surface area contributed by atoms with E-state index >= 15 is 0 Å². The number of non-ortho nitro benzene ring substituents is 1. The van der Waals surface area contributed by atoms with E-state index in [1.807, 2.05) is 30.3 Å². The first-order chi connectivity index (χ1) is 17.6. The number of benzene rings is 4. The van der Waals surface area contributed by atoms with Crippen LogP contribution in [0.25, 0.3) is 40.2 Å². The maximum Gasteiger partial charge on any atom is 0.269 e. The van der Waals surface area contributed by atoms with Crippen LogP contribution >= 0.6 is 0 Å². The van der Waals surface area contributed by atoms with E-state index in [0.717, 1.165) is 39.3 Å². The Balaban J connectivity index is 1.73. The number of nitro groups is 1. The van der Waals surface area contributed by atoms with Gasteiger partial charge in [-0.2, -0.15) is 4.57 Å². The second kappa shape index (κ2) is 10.2. The summed E-state index contributed by atoms with van der Waals surface area (Å²) in [6, 6.07) is 40.2. The molecule has 0 aliphatic carbocycles. The van der Waals surface area contributed by atoms with Gasteiger partial charge in [0.05, 0.1) is 4.92 Å². The Hall–Kier alpha value is -4.83. The maximum atomic E-state index is 11.0. The van der Waals surface area contributed by atoms with Crippen molar-refractivity contribution in [2.75, 3.05) is 0 Å². The fourth-order valence-electron chi connectivity index (χ4n) is 4.23. The van der Waals surface area contributed by atoms with Crippen LogP contribution in [0.15, 0.2) is 121 Å². The van der Waals surface area contributed by atoms with E-state index < -0.39 is 0 Å². The average molecular weight is 470 g/mol. The highest BCUT2D eigenvalue weighted by Gasteiger charge is 2.22. The summed E-state index contributed by atoms with van der Waals surface area (Å²) < 4.78 is 2.25. The van der Waals surface area contributed by atoms with E-state index in [4.69, 9.17) is 0 Å². The van der Waals surface area contributed by atoms with Gasteiger partial charge in [-0.25, -0.2) is 0 Å². The molecule has 0 saturated heterocycles. The van der Waals surface area contributed by atoms with E-state index in [9.17, 15) is 10.1 Å². The van der Waals surface area contributed by atoms with E-state index in [2.05, 4.69) is 90.4 Å². The van der Waals surface area contributed by atoms with Crippen molar-refractivity contribution in [3.63, 3.8) is 0 Å². The van der Waals surface area contributed by atoms with Crippen molar-refractivity contribution in [3.05, 3.63) is 148 Å². The highest BCUT2D eigenvalue weighted by Crippen LogP contribution is 2.27. The molecule has 0 aliphatic rings. The number of pyridine rings is 1. The van der Waals surface area contributed by atoms with Crippen molar-refractivity contribution in [1.29, 1.82) is 0 Å². The van der Waals surface area contributed by atoms with Gasteiger partial charge >= 0.3 is 0 Å². The van der Waals surface area contributed by atoms with Gasteiger partial charge in [-0.1, -0.05) is 66.2 Å². The van der Waals surface area contributed by atoms with Crippen molar-refractivity contribution < 1.29 is 9.49 Å². The summed E-state index contributed by atoms with van der Waals surface area (Å²) in [5.74, 6) is 0. The molecule has 0 N–H and O–H groups in total. The molecule has 4 heteroatoms. The Bertz CT molecular complexity index is 1520. The van der Waals surface area contributed by atoms with Crippen molar-refractivity contribution in [3.8, 4) is 28.1 Å². The van der Waals surface area contributed by atoms with Gasteiger partial charge in [0.15, 0.2) is 0 Å². The van der Waals surface area contributed by atoms with Gasteiger partial charge in [0.1, 0.15) is 0 Å². The first-order valence-electron chi connectivity index (χ1n) is 11.8. The zero-order valence-corrected chi connectivity index (χ0v) is 19.9. The minimum Gasteiger partial charge on any atom is -0.258 e. The van der Waals surface area contributed by atoms with Gasteiger partial charge < -0.3 is 0 Å². The van der Waals surface area contributed by atoms with Gasteiger partial charge in [-0.05, 0) is 54.0 Å². The highest BCUT2D eigenvalue weighted by molar-refractivity contribution is 5.74. The molecule has 0 unspecified atom stereocenters. The third kappa shape index (κ3) is 4.98. The second-order valence-electron chi connectivity index (χ2n) is 8.64. The fourth-order valence-corrected chi connectivity index (χ4v) is 4.23. The van der Waals surface area contributed by atoms with Crippen LogP contribution in [0.1, 0.15) is 16.8 Å². The second-order valence-corrected chi connectivity index (χ2v) is 8.64. The predicted molar refractivity (Wildman–Crippen MR) is 146 cm³/mol. The van der Waals surface area contributed by atoms with Crippen LogP contribution in [0, 0.1) is 17.0 Å². The Kier molecular flexibility index (Phi) is 6.50. The molecule has 0 radical (unpaired) electrons. The third-order valence-corrected chi connectivity index (χ3v) is 6.11. The Labute approximate surface area is 210 Å². The van der Waals surface area contributed by atoms with Gasteiger partial charge in [0.25, 0.3) is 5.69 Å². The molecule has 0 aliphatic heterocycles. The van der Waals surface area contributed by atoms with Crippen molar-refractivity contribution >= 4 is 17.8 Å². The Morgan fingerprint density at radius 2 is 1.28 bits per heavy atom. The van der Waals surface area contributed by atoms with Gasteiger partial charge in [0.2, 0.25) is 17.1 Å². The molecular formula is C32H25N2O2+. The van der Waals surface area contributed by atoms with Gasteiger partial charge in [-0.3, -0.25) is 10.1 Å². The molecule has 0 atom stereocenters. The number of hydrogen-bond donors (Lipinski definition) is 0. The molecule has 0 spiro atoms. The van der Waals surface area contributed by atoms with Gasteiger partial charge in [0, 0.05) is 48.0 Å². The molecule has 5 aromatic rings. The minimum absolute atomic E-state index is 0.0827. The first-order valence-corrected chi connectivity index (χ1v) is 11.8. The molecule has 5 rings (SSSR count). The molecule has 174 valence electrons. The average Bonchev–Trinajstić information content (AvgIpc) is 2.93. The highest BCUT2D eigenvalue weighted by atomic mass is 16.6. The number of aromatic nitrogens is 1. The Morgan fingerprint density at radius 1 is 0.667 bits per heavy atom. The normalized spacial score (nSPS) is 11.0. The summed E-state index contributed by atoms with van der Waals surface area (Å²) in [6.45, 7) is 2.08. The monoisotopic (exact) mass is 469 g/mol. The summed E-state index contributed by atoms with van der Waals surface area (Å²) in [5, 5.41) is 11.0. The third-order valence-electron chi connectivity index (χ3n) is 6.11. The first kappa shape index (κ1) is 22.9. The van der Waals surface area contributed by atoms with Crippen LogP contribution in [-0.4, -0.2) is 4.92 Å². The summed E-state index contributed by atoms with van der Waals surface area (Å²) in [7, 11) is 0. The lowest BCUT2D eigenvalue weighted by molar-refractivity contribution is -0.585. The molecule has 0 amide bonds. The number of nitrogens with zero attached hydrogens (tertiary/aromatic N) is 2. The van der Waals surface area contributed by atoms with Crippen molar-refractivity contribution in [2.45, 2.75) is 6.92 Å². The fraction of sp³-hybridized carbons (Fsp3) is 0.0312. The lowest BCUT2D eigenvalue weighted by atomic mass is 10.0. The zero-order chi connectivity index (χ0) is 24.9. The SMILES string of the molecule is Cc1ccc(-[n+]2c(/C=C/c3ccc([N+](=O)[O-])cc3)cc(-c3ccccc3)cc2-c2ccccc2)cc1. The largest absolute Gasteiger partial charge is 0.269 e. The zero-order valence-electron chi connectivity index (χ0n) is 19.9. The molecule has 4 nitrogen and oxygen atoms in total. The molecule has 4 aromatic carbocycles. The topological polar surface area (TPSA) is 47.0 Å². The van der Waals surface area contributed by atoms with E-state index in [-0.39, 0.29) is 10.6 Å². The van der Waals surface area contributed by atoms with E-state index in [0.29, 0.717) is 0 Å². The van der Waals surface area contributed by atoms with Crippen LogP contribution in [0.3, 0.4) is 0 Å². The van der Waals surface area contributed by atoms with E-state index in [1.54, 1.807) is 12.1 Å². The number of nitro benzene ring substituents is 1. The Morgan fingerprint density at radius 3 is 1.89 bits per heavy atom. The van der Waals surface area contributed by atoms with Crippen LogP contribution in [0.5, 0.6) is 0 Å². The number of hydrogen-bond acceptors (Lipinski definition) is 2. The van der Waals surface area contributed by atoms with Crippen LogP contribution in [0.4, 0.5) is 5.69 Å². The molecule has 36 heavy (non-hydrogen) atoms. The molecule has 0 saturated carbocycles. The van der Waals surface area contributed by atoms with Crippen molar-refractivity contribution in [1.82, 2.24) is 0 Å². The predicted octanol–water partition coefficient (Wildman–Crippen LogP) is 7.68. The molecule has 1 heterocycles. The smallest absolute Gasteiger partial charge is 0.258 e.